The molecule has 1 fully saturated rings. The predicted molar refractivity (Wildman–Crippen MR) is 135 cm³/mol. The Morgan fingerprint density at radius 1 is 1.29 bits per heavy atom. The van der Waals surface area contributed by atoms with E-state index in [1.54, 1.807) is 19.1 Å². The van der Waals surface area contributed by atoms with E-state index in [4.69, 9.17) is 0 Å². The Kier molecular flexibility index (Phi) is 11.9. The average molecular weight is 494 g/mol. The number of aryl methyl sites for hydroxylation is 1. The van der Waals surface area contributed by atoms with Crippen LogP contribution in [0.15, 0.2) is 71.0 Å². The van der Waals surface area contributed by atoms with Crippen LogP contribution >= 0.6 is 0 Å². The van der Waals surface area contributed by atoms with Crippen LogP contribution in [0.3, 0.4) is 0 Å². The van der Waals surface area contributed by atoms with Crippen molar-refractivity contribution in [3.63, 3.8) is 0 Å². The lowest BCUT2D eigenvalue weighted by atomic mass is 9.75. The number of hydrogen-bond acceptors (Lipinski definition) is 3. The predicted octanol–water partition coefficient (Wildman–Crippen LogP) is 8.13. The van der Waals surface area contributed by atoms with Crippen molar-refractivity contribution in [2.24, 2.45) is 10.9 Å². The van der Waals surface area contributed by atoms with Crippen molar-refractivity contribution < 1.29 is 28.5 Å². The number of rotatable bonds is 9. The molecular formula is C28H35F4NO2. The fourth-order valence-electron chi connectivity index (χ4n) is 3.71. The molecule has 0 aromatic heterocycles. The molecule has 0 unspecified atom stereocenters. The van der Waals surface area contributed by atoms with Gasteiger partial charge < -0.3 is 4.74 Å². The Balaban J connectivity index is 0.00000156. The Bertz CT molecular complexity index is 1010. The van der Waals surface area contributed by atoms with Crippen LogP contribution in [-0.2, 0) is 11.2 Å². The Morgan fingerprint density at radius 3 is 2.26 bits per heavy atom. The highest BCUT2D eigenvalue weighted by atomic mass is 19.4. The number of carbonyl (C=O) groups is 1. The van der Waals surface area contributed by atoms with Crippen molar-refractivity contribution in [2.45, 2.75) is 59.2 Å². The second-order valence-electron chi connectivity index (χ2n) is 8.34. The van der Waals surface area contributed by atoms with Gasteiger partial charge in [0, 0.05) is 27.0 Å². The summed E-state index contributed by atoms with van der Waals surface area (Å²) in [7, 11) is 1.82. The lowest BCUT2D eigenvalue weighted by Gasteiger charge is -2.30. The van der Waals surface area contributed by atoms with Crippen LogP contribution in [0.4, 0.5) is 17.6 Å². The maximum Gasteiger partial charge on any atom is 0.573 e. The summed E-state index contributed by atoms with van der Waals surface area (Å²) in [5.41, 5.74) is 6.14. The largest absolute Gasteiger partial charge is 0.573 e. The van der Waals surface area contributed by atoms with Gasteiger partial charge in [-0.05, 0) is 80.9 Å². The van der Waals surface area contributed by atoms with Crippen LogP contribution in [-0.4, -0.2) is 24.9 Å². The fourth-order valence-corrected chi connectivity index (χ4v) is 3.71. The van der Waals surface area contributed by atoms with Crippen molar-refractivity contribution in [1.82, 2.24) is 0 Å². The maximum absolute atomic E-state index is 12.5. The topological polar surface area (TPSA) is 38.7 Å². The zero-order valence-corrected chi connectivity index (χ0v) is 20.9. The van der Waals surface area contributed by atoms with Gasteiger partial charge in [0.1, 0.15) is 5.75 Å². The molecule has 1 aromatic carbocycles. The number of carbonyl (C=O) groups excluding carboxylic acids is 1. The van der Waals surface area contributed by atoms with E-state index in [1.165, 1.54) is 18.6 Å². The van der Waals surface area contributed by atoms with Crippen molar-refractivity contribution in [2.75, 3.05) is 7.05 Å². The third-order valence-corrected chi connectivity index (χ3v) is 5.71. The Hall–Kier alpha value is -2.96. The van der Waals surface area contributed by atoms with Crippen molar-refractivity contribution in [3.8, 4) is 5.75 Å². The molecule has 2 radical (unpaired) electrons. The number of Topliss-reactive ketones (excluding diaryl/α,β-unsaturated/α-hetero) is 1. The van der Waals surface area contributed by atoms with Gasteiger partial charge in [0.25, 0.3) is 0 Å². The van der Waals surface area contributed by atoms with Gasteiger partial charge in [-0.15, -0.1) is 13.2 Å². The van der Waals surface area contributed by atoms with Crippen LogP contribution in [0.2, 0.25) is 0 Å². The van der Waals surface area contributed by atoms with Crippen LogP contribution in [0, 0.1) is 19.8 Å². The number of halogens is 4. The molecule has 35 heavy (non-hydrogen) atoms. The van der Waals surface area contributed by atoms with E-state index in [2.05, 4.69) is 36.7 Å². The van der Waals surface area contributed by atoms with Gasteiger partial charge >= 0.3 is 6.36 Å². The quantitative estimate of drug-likeness (QED) is 0.151. The van der Waals surface area contributed by atoms with E-state index in [1.807, 2.05) is 13.1 Å². The summed E-state index contributed by atoms with van der Waals surface area (Å²) in [4.78, 5) is 14.3. The third-order valence-electron chi connectivity index (χ3n) is 5.71. The molecule has 0 heterocycles. The van der Waals surface area contributed by atoms with Crippen LogP contribution in [0.25, 0.3) is 0 Å². The molecule has 1 aromatic rings. The molecule has 2 rings (SSSR count). The van der Waals surface area contributed by atoms with Gasteiger partial charge in [0.15, 0.2) is 11.6 Å². The lowest BCUT2D eigenvalue weighted by Crippen LogP contribution is -2.25. The number of hydrogen-bond donors (Lipinski definition) is 0. The molecule has 0 aliphatic heterocycles. The fraction of sp³-hybridized carbons (Fsp3) is 0.393. The summed E-state index contributed by atoms with van der Waals surface area (Å²) in [6.45, 7) is 15.6. The van der Waals surface area contributed by atoms with Gasteiger partial charge in [0.2, 0.25) is 0 Å². The summed E-state index contributed by atoms with van der Waals surface area (Å²) in [6.07, 6.45) is 3.75. The molecule has 1 aliphatic rings. The van der Waals surface area contributed by atoms with Gasteiger partial charge in [-0.2, -0.15) is 0 Å². The number of allylic oxidation sites excluding steroid dienone is 6. The molecule has 0 atom stereocenters. The first-order valence-corrected chi connectivity index (χ1v) is 11.3. The smallest absolute Gasteiger partial charge is 0.406 e. The first kappa shape index (κ1) is 30.1. The standard InChI is InChI=1S/C24H29F3NO.C4H5FO.H/c1-6-9-18(7-2)22(23(28-5)19-10-8-11-19)17(4)14-20-12-13-21(15-16(20)3)29-24(25,26)27;1-3(5)4(2)6;/h6,9,12-13,15,19H,1-2,7-8,10-11,14H2,3-5H3;1H2,2H3;/b18-9-,22-17-,28-23?;;. The monoisotopic (exact) mass is 493 g/mol. The second-order valence-corrected chi connectivity index (χ2v) is 8.34. The van der Waals surface area contributed by atoms with Crippen LogP contribution in [0.5, 0.6) is 5.75 Å². The molecule has 7 heteroatoms. The lowest BCUT2D eigenvalue weighted by molar-refractivity contribution is -0.274. The third kappa shape index (κ3) is 9.67. The average Bonchev–Trinajstić information content (AvgIpc) is 2.72. The zero-order chi connectivity index (χ0) is 26.8. The maximum atomic E-state index is 12.5. The van der Waals surface area contributed by atoms with E-state index in [-0.39, 0.29) is 7.18 Å². The number of alkyl halides is 3. The number of benzene rings is 1. The molecule has 1 saturated carbocycles. The molecule has 1 aliphatic carbocycles. The molecule has 3 nitrogen and oxygen atoms in total. The van der Waals surface area contributed by atoms with Crippen molar-refractivity contribution >= 4 is 11.5 Å². The summed E-state index contributed by atoms with van der Waals surface area (Å²) in [5.74, 6) is -1.23. The summed E-state index contributed by atoms with van der Waals surface area (Å²) < 4.78 is 52.7. The number of ketones is 1. The molecular weight excluding hydrogens is 458 g/mol. The van der Waals surface area contributed by atoms with Crippen molar-refractivity contribution in [3.05, 3.63) is 84.1 Å². The highest BCUT2D eigenvalue weighted by Crippen LogP contribution is 2.35. The molecule has 0 N–H and O–H groups in total. The Morgan fingerprint density at radius 2 is 1.89 bits per heavy atom. The van der Waals surface area contributed by atoms with Gasteiger partial charge in [-0.25, -0.2) is 4.39 Å². The molecule has 0 saturated heterocycles. The molecule has 0 amide bonds. The highest BCUT2D eigenvalue weighted by molar-refractivity contribution is 6.06. The van der Waals surface area contributed by atoms with Gasteiger partial charge in [0.05, 0.1) is 0 Å². The van der Waals surface area contributed by atoms with E-state index in [9.17, 15) is 22.4 Å². The van der Waals surface area contributed by atoms with Crippen LogP contribution < -0.4 is 4.74 Å². The molecule has 0 spiro atoms. The first-order valence-electron chi connectivity index (χ1n) is 11.3. The van der Waals surface area contributed by atoms with Gasteiger partial charge in [-0.1, -0.05) is 43.4 Å². The molecule has 192 valence electrons. The normalized spacial score (nSPS) is 15.3. The van der Waals surface area contributed by atoms with Crippen molar-refractivity contribution in [1.29, 1.82) is 0 Å². The van der Waals surface area contributed by atoms with E-state index in [0.717, 1.165) is 53.3 Å². The summed E-state index contributed by atoms with van der Waals surface area (Å²) in [6, 6.07) is 4.49. The number of aliphatic imine (C=N–C) groups is 1. The number of ether oxygens (including phenoxy) is 1. The van der Waals surface area contributed by atoms with Gasteiger partial charge in [-0.3, -0.25) is 9.79 Å². The Labute approximate surface area is 207 Å². The highest BCUT2D eigenvalue weighted by Gasteiger charge is 2.31. The SMILES string of the molecule is C=C(F)C(C)=O.[CH2]CC(=C/C=C)/C(C(=NC)C1CCC1)=C(\C)Cc1ccc(OC(F)(F)F)cc1C.[H]. The second kappa shape index (κ2) is 13.8. The van der Waals surface area contributed by atoms with E-state index >= 15 is 0 Å². The minimum absolute atomic E-state index is 0. The van der Waals surface area contributed by atoms with Crippen LogP contribution in [0.1, 0.15) is 52.1 Å². The minimum atomic E-state index is -4.69. The van der Waals surface area contributed by atoms with E-state index < -0.39 is 18.0 Å². The summed E-state index contributed by atoms with van der Waals surface area (Å²) in [5, 5.41) is 0. The number of nitrogens with zero attached hydrogens (tertiary/aromatic N) is 1. The summed E-state index contributed by atoms with van der Waals surface area (Å²) >= 11 is 0. The first-order chi connectivity index (χ1) is 16.3. The minimum Gasteiger partial charge on any atom is -0.406 e. The van der Waals surface area contributed by atoms with E-state index in [0.29, 0.717) is 18.8 Å². The zero-order valence-electron chi connectivity index (χ0n) is 21.9. The molecule has 0 bridgehead atoms.